The van der Waals surface area contributed by atoms with Gasteiger partial charge in [0.25, 0.3) is 5.88 Å². The van der Waals surface area contributed by atoms with Gasteiger partial charge in [0.15, 0.2) is 5.82 Å². The molecule has 2 atom stereocenters. The van der Waals surface area contributed by atoms with Gasteiger partial charge in [-0.15, -0.1) is 11.3 Å². The molecule has 0 radical (unpaired) electrons. The number of nitrogens with one attached hydrogen (secondary N) is 3. The molecule has 12 heteroatoms. The number of nitrogens with zero attached hydrogens (tertiary/aromatic N) is 3. The monoisotopic (exact) mass is 538 g/mol. The van der Waals surface area contributed by atoms with E-state index in [9.17, 15) is 4.79 Å². The molecule has 1 amide bonds. The smallest absolute Gasteiger partial charge is 0.407 e. The van der Waals surface area contributed by atoms with Gasteiger partial charge < -0.3 is 24.6 Å². The summed E-state index contributed by atoms with van der Waals surface area (Å²) in [7, 11) is 0. The van der Waals surface area contributed by atoms with E-state index in [0.717, 1.165) is 20.8 Å². The number of anilines is 2. The molecular weight excluding hydrogens is 516 g/mol. The number of hydrogen-bond donors (Lipinski definition) is 3. The third-order valence-corrected chi connectivity index (χ3v) is 6.72. The van der Waals surface area contributed by atoms with Crippen molar-refractivity contribution in [1.82, 2.24) is 25.8 Å². The molecule has 10 nitrogen and oxygen atoms in total. The standard InChI is InChI=1S/C25H23ClN6O4S/c1-3-27-25(33)34-17-9-15(28-12-17)4-6-18-11-20-23(37-18)24(30-13-29-20)31-16-5-7-21(19(26)10-16)35-22-8-14(2)36-32-22/h5,7-8,10-11,13,15,17,28H,3,9,12H2,1-2H3,(H,27,33)(H,29,30,31)/t15-,17-/m0/s1. The highest BCUT2D eigenvalue weighted by atomic mass is 35.5. The first-order chi connectivity index (χ1) is 18.0. The van der Waals surface area contributed by atoms with Gasteiger partial charge in [0.2, 0.25) is 0 Å². The molecule has 190 valence electrons. The zero-order valence-corrected chi connectivity index (χ0v) is 21.6. The van der Waals surface area contributed by atoms with Crippen LogP contribution in [-0.4, -0.2) is 46.5 Å². The van der Waals surface area contributed by atoms with Crippen LogP contribution in [0.25, 0.3) is 10.2 Å². The topological polar surface area (TPSA) is 123 Å². The van der Waals surface area contributed by atoms with Gasteiger partial charge in [-0.1, -0.05) is 23.4 Å². The number of rotatable bonds is 6. The summed E-state index contributed by atoms with van der Waals surface area (Å²) >= 11 is 7.92. The SMILES string of the molecule is CCNC(=O)O[C@@H]1CN[C@@H](C#Cc2cc3ncnc(Nc4ccc(Oc5cc(C)on5)c(Cl)c4)c3s2)C1. The Labute approximate surface area is 221 Å². The largest absolute Gasteiger partial charge is 0.445 e. The number of amides is 1. The highest BCUT2D eigenvalue weighted by Gasteiger charge is 2.25. The van der Waals surface area contributed by atoms with Gasteiger partial charge in [0.1, 0.15) is 23.9 Å². The van der Waals surface area contributed by atoms with Crippen molar-refractivity contribution in [1.29, 1.82) is 0 Å². The quantitative estimate of drug-likeness (QED) is 0.291. The molecule has 0 unspecified atom stereocenters. The van der Waals surface area contributed by atoms with E-state index in [-0.39, 0.29) is 12.1 Å². The Morgan fingerprint density at radius 2 is 2.22 bits per heavy atom. The molecule has 0 saturated carbocycles. The van der Waals surface area contributed by atoms with Gasteiger partial charge >= 0.3 is 6.09 Å². The number of fused-ring (bicyclic) bond motifs is 1. The van der Waals surface area contributed by atoms with Crippen LogP contribution in [0.4, 0.5) is 16.3 Å². The molecule has 0 spiro atoms. The summed E-state index contributed by atoms with van der Waals surface area (Å²) in [6, 6.07) is 8.88. The van der Waals surface area contributed by atoms with Gasteiger partial charge in [0, 0.05) is 31.3 Å². The molecule has 1 aliphatic heterocycles. The van der Waals surface area contributed by atoms with Crippen LogP contribution in [0.5, 0.6) is 11.6 Å². The lowest BCUT2D eigenvalue weighted by Gasteiger charge is -2.10. The van der Waals surface area contributed by atoms with E-state index in [0.29, 0.717) is 47.7 Å². The average molecular weight is 539 g/mol. The van der Waals surface area contributed by atoms with Crippen LogP contribution < -0.4 is 20.7 Å². The highest BCUT2D eigenvalue weighted by molar-refractivity contribution is 7.20. The van der Waals surface area contributed by atoms with Crippen molar-refractivity contribution in [3.05, 3.63) is 52.3 Å². The number of carbonyl (C=O) groups excluding carboxylic acids is 1. The minimum Gasteiger partial charge on any atom is -0.445 e. The minimum absolute atomic E-state index is 0.0580. The van der Waals surface area contributed by atoms with Crippen LogP contribution >= 0.6 is 22.9 Å². The van der Waals surface area contributed by atoms with Crippen molar-refractivity contribution < 1.29 is 18.8 Å². The van der Waals surface area contributed by atoms with Crippen molar-refractivity contribution in [3.63, 3.8) is 0 Å². The lowest BCUT2D eigenvalue weighted by atomic mass is 10.2. The average Bonchev–Trinajstić information content (AvgIpc) is 3.60. The number of ether oxygens (including phenoxy) is 2. The lowest BCUT2D eigenvalue weighted by molar-refractivity contribution is 0.107. The maximum Gasteiger partial charge on any atom is 0.407 e. The third kappa shape index (κ3) is 6.11. The van der Waals surface area contributed by atoms with Crippen LogP contribution in [0.3, 0.4) is 0 Å². The van der Waals surface area contributed by atoms with E-state index >= 15 is 0 Å². The van der Waals surface area contributed by atoms with E-state index in [1.165, 1.54) is 17.7 Å². The molecule has 3 N–H and O–H groups in total. The summed E-state index contributed by atoms with van der Waals surface area (Å²) in [5.41, 5.74) is 1.53. The van der Waals surface area contributed by atoms with Crippen molar-refractivity contribution in [2.24, 2.45) is 0 Å². The number of aromatic nitrogens is 3. The summed E-state index contributed by atoms with van der Waals surface area (Å²) in [6.45, 7) is 4.74. The second kappa shape index (κ2) is 11.0. The number of hydrogen-bond acceptors (Lipinski definition) is 10. The van der Waals surface area contributed by atoms with Crippen molar-refractivity contribution >= 4 is 50.8 Å². The van der Waals surface area contributed by atoms with Crippen LogP contribution in [0.1, 0.15) is 24.0 Å². The molecule has 4 heterocycles. The van der Waals surface area contributed by atoms with Crippen molar-refractivity contribution in [2.75, 3.05) is 18.4 Å². The number of aryl methyl sites for hydroxylation is 1. The number of halogens is 1. The minimum atomic E-state index is -0.403. The second-order valence-electron chi connectivity index (χ2n) is 8.22. The molecule has 5 rings (SSSR count). The van der Waals surface area contributed by atoms with Gasteiger partial charge in [0.05, 0.1) is 26.2 Å². The number of alkyl carbamates (subject to hydrolysis) is 1. The first kappa shape index (κ1) is 24.8. The summed E-state index contributed by atoms with van der Waals surface area (Å²) < 4.78 is 16.9. The predicted octanol–water partition coefficient (Wildman–Crippen LogP) is 5.01. The third-order valence-electron chi connectivity index (χ3n) is 5.38. The van der Waals surface area contributed by atoms with Crippen LogP contribution in [0.15, 0.2) is 41.2 Å². The molecule has 1 saturated heterocycles. The number of thiophene rings is 1. The fourth-order valence-corrected chi connectivity index (χ4v) is 4.84. The number of benzene rings is 1. The zero-order chi connectivity index (χ0) is 25.8. The van der Waals surface area contributed by atoms with E-state index in [2.05, 4.69) is 42.9 Å². The van der Waals surface area contributed by atoms with Gasteiger partial charge in [-0.3, -0.25) is 5.32 Å². The Kier molecular flexibility index (Phi) is 7.41. The lowest BCUT2D eigenvalue weighted by Crippen LogP contribution is -2.29. The van der Waals surface area contributed by atoms with E-state index in [1.807, 2.05) is 19.1 Å². The van der Waals surface area contributed by atoms with Crippen molar-refractivity contribution in [2.45, 2.75) is 32.4 Å². The van der Waals surface area contributed by atoms with Crippen LogP contribution in [-0.2, 0) is 4.74 Å². The van der Waals surface area contributed by atoms with E-state index < -0.39 is 6.09 Å². The Bertz CT molecular complexity index is 1490. The highest BCUT2D eigenvalue weighted by Crippen LogP contribution is 2.34. The van der Waals surface area contributed by atoms with Crippen LogP contribution in [0, 0.1) is 18.8 Å². The Morgan fingerprint density at radius 1 is 1.32 bits per heavy atom. The Morgan fingerprint density at radius 3 is 3.00 bits per heavy atom. The first-order valence-electron chi connectivity index (χ1n) is 11.6. The summed E-state index contributed by atoms with van der Waals surface area (Å²) in [4.78, 5) is 21.3. The Balaban J connectivity index is 1.26. The summed E-state index contributed by atoms with van der Waals surface area (Å²) in [6.07, 6.45) is 1.54. The van der Waals surface area contributed by atoms with Crippen molar-refractivity contribution in [3.8, 4) is 23.5 Å². The fourth-order valence-electron chi connectivity index (χ4n) is 3.71. The number of carbonyl (C=O) groups is 1. The maximum atomic E-state index is 11.6. The molecule has 3 aromatic heterocycles. The van der Waals surface area contributed by atoms with Gasteiger partial charge in [-0.05, 0) is 43.3 Å². The molecule has 1 aliphatic rings. The zero-order valence-electron chi connectivity index (χ0n) is 20.0. The first-order valence-corrected chi connectivity index (χ1v) is 12.8. The van der Waals surface area contributed by atoms with Gasteiger partial charge in [-0.25, -0.2) is 14.8 Å². The molecule has 0 bridgehead atoms. The molecule has 37 heavy (non-hydrogen) atoms. The molecule has 0 aliphatic carbocycles. The second-order valence-corrected chi connectivity index (χ2v) is 9.68. The Hall–Kier alpha value is -3.85. The van der Waals surface area contributed by atoms with Crippen LogP contribution in [0.2, 0.25) is 5.02 Å². The molecule has 4 aromatic rings. The normalized spacial score (nSPS) is 16.7. The molecular formula is C25H23ClN6O4S. The van der Waals surface area contributed by atoms with Gasteiger partial charge in [-0.2, -0.15) is 0 Å². The van der Waals surface area contributed by atoms with E-state index in [1.54, 1.807) is 25.1 Å². The summed E-state index contributed by atoms with van der Waals surface area (Å²) in [5.74, 6) is 8.52. The fraction of sp³-hybridized carbons (Fsp3) is 0.280. The molecule has 1 aromatic carbocycles. The maximum absolute atomic E-state index is 11.6. The molecule has 1 fully saturated rings. The predicted molar refractivity (Wildman–Crippen MR) is 141 cm³/mol. The van der Waals surface area contributed by atoms with E-state index in [4.69, 9.17) is 25.6 Å². The summed E-state index contributed by atoms with van der Waals surface area (Å²) in [5, 5.41) is 13.4.